The molecule has 8 amide bonds. The summed E-state index contributed by atoms with van der Waals surface area (Å²) in [6.45, 7) is -0.971. The van der Waals surface area contributed by atoms with Gasteiger partial charge in [-0.2, -0.15) is 0 Å². The summed E-state index contributed by atoms with van der Waals surface area (Å²) in [7, 11) is 0. The third-order valence-corrected chi connectivity index (χ3v) is 8.37. The van der Waals surface area contributed by atoms with Crippen molar-refractivity contribution in [3.8, 4) is 0 Å². The van der Waals surface area contributed by atoms with Crippen molar-refractivity contribution in [1.82, 2.24) is 42.8 Å². The van der Waals surface area contributed by atoms with Crippen molar-refractivity contribution >= 4 is 53.5 Å². The van der Waals surface area contributed by atoms with Gasteiger partial charge in [-0.05, 0) is 31.7 Å². The van der Waals surface area contributed by atoms with Gasteiger partial charge >= 0.3 is 0 Å². The first kappa shape index (κ1) is 49.5. The highest BCUT2D eigenvalue weighted by Gasteiger charge is 2.32. The number of carbonyl (C=O) groups excluding carboxylic acids is 9. The maximum absolute atomic E-state index is 13.0. The van der Waals surface area contributed by atoms with Gasteiger partial charge in [0.05, 0.1) is 38.4 Å². The number of hydrazine groups is 1. The van der Waals surface area contributed by atoms with Crippen LogP contribution in [0.15, 0.2) is 30.3 Å². The molecule has 0 saturated heterocycles. The van der Waals surface area contributed by atoms with Crippen LogP contribution in [0.25, 0.3) is 0 Å². The second kappa shape index (κ2) is 27.9. The molecule has 1 rings (SSSR count). The normalized spacial score (nSPS) is 15.3. The van der Waals surface area contributed by atoms with E-state index in [2.05, 4.69) is 37.4 Å². The Kier molecular flexibility index (Phi) is 23.4. The Morgan fingerprint density at radius 1 is 0.763 bits per heavy atom. The number of benzene rings is 1. The van der Waals surface area contributed by atoms with Crippen molar-refractivity contribution in [2.75, 3.05) is 32.9 Å². The van der Waals surface area contributed by atoms with Crippen LogP contribution in [0, 0.1) is 0 Å². The fourth-order valence-corrected chi connectivity index (χ4v) is 5.06. The Labute approximate surface area is 340 Å². The first-order valence-corrected chi connectivity index (χ1v) is 18.5. The number of unbranched alkanes of at least 4 members (excludes halogenated alkanes) is 1. The summed E-state index contributed by atoms with van der Waals surface area (Å²) in [5, 5.41) is 52.9. The van der Waals surface area contributed by atoms with Gasteiger partial charge < -0.3 is 69.0 Å². The molecule has 0 spiro atoms. The van der Waals surface area contributed by atoms with E-state index in [9.17, 15) is 63.6 Å². The maximum atomic E-state index is 13.0. The van der Waals surface area contributed by atoms with Crippen LogP contribution in [-0.2, 0) is 49.6 Å². The van der Waals surface area contributed by atoms with Gasteiger partial charge in [0.15, 0.2) is 0 Å². The van der Waals surface area contributed by atoms with Crippen LogP contribution in [-0.4, -0.2) is 155 Å². The average molecular weight is 841 g/mol. The van der Waals surface area contributed by atoms with E-state index in [1.165, 1.54) is 0 Å². The lowest BCUT2D eigenvalue weighted by Gasteiger charge is -2.26. The van der Waals surface area contributed by atoms with Crippen molar-refractivity contribution < 1.29 is 64.9 Å². The molecular weight excluding hydrogens is 782 g/mol. The molecule has 5 unspecified atom stereocenters. The minimum atomic E-state index is -1.74. The Morgan fingerprint density at radius 3 is 1.93 bits per heavy atom. The van der Waals surface area contributed by atoms with Gasteiger partial charge in [0.1, 0.15) is 43.9 Å². The molecule has 330 valence electrons. The molecule has 24 nitrogen and oxygen atoms in total. The van der Waals surface area contributed by atoms with Crippen molar-refractivity contribution in [2.24, 2.45) is 17.2 Å². The van der Waals surface area contributed by atoms with E-state index in [4.69, 9.17) is 18.6 Å². The van der Waals surface area contributed by atoms with E-state index in [1.54, 1.807) is 30.3 Å². The molecule has 0 radical (unpaired) electrons. The Hall–Kier alpha value is -5.63. The molecule has 0 aliphatic heterocycles. The number of amides is 8. The monoisotopic (exact) mass is 840 g/mol. The molecule has 59 heavy (non-hydrogen) atoms. The molecule has 1 aromatic rings. The number of nitrogens with one attached hydrogen (secondary N) is 8. The van der Waals surface area contributed by atoms with Gasteiger partial charge in [-0.1, -0.05) is 30.3 Å². The molecule has 0 aromatic heterocycles. The smallest absolute Gasteiger partial charge is 0.253 e. The molecule has 1 aromatic carbocycles. The summed E-state index contributed by atoms with van der Waals surface area (Å²) in [5.41, 5.74) is 21.2. The quantitative estimate of drug-likeness (QED) is 0.0194. The van der Waals surface area contributed by atoms with Crippen molar-refractivity contribution in [3.05, 3.63) is 35.9 Å². The van der Waals surface area contributed by atoms with E-state index < -0.39 is 128 Å². The lowest BCUT2D eigenvalue weighted by molar-refractivity contribution is -0.134. The number of hydrogen-bond acceptors (Lipinski definition) is 16. The summed E-state index contributed by atoms with van der Waals surface area (Å²) in [6.07, 6.45) is -3.17. The SMILES string of the molecule is [2H]C(=O)C(CO)NC(=O)[C@H](CC(N)=O)NC(=O)[C@@H](NNC(=O)C(CO)NC(CCC(=O)NCCCCNC(=O)C(Cc1ccccc1)NC(=O)C(N)CO)C(N)=O)[C@@H](C)O. The Bertz CT molecular complexity index is 1610. The standard InChI is InChI=1S/C35H57N11O13/c1-19(51)29(35(59)44-25(14-27(37)52)33(57)41-21(15-47)16-48)45-46-34(58)26(18-50)42-23(30(38)54)9-10-28(53)39-11-5-6-12-40-32(56)24(43-31(55)22(36)17-49)13-20-7-3-2-4-8-20/h2-4,7-8,15,19,21-26,29,42,45,48-51H,5-6,9-14,16-18,36H2,1H3,(H2,37,52)(H2,38,54)(H,39,53)(H,40,56)(H,41,57)(H,43,55)(H,44,59)(H,46,58)/t19-,21?,22?,23?,24?,25+,26?,29+/m1/s1/i15D. The van der Waals surface area contributed by atoms with E-state index in [1.807, 2.05) is 5.32 Å². The highest BCUT2D eigenvalue weighted by Crippen LogP contribution is 2.05. The van der Waals surface area contributed by atoms with E-state index in [0.29, 0.717) is 12.8 Å². The fourth-order valence-electron chi connectivity index (χ4n) is 5.06. The molecule has 24 heteroatoms. The topological polar surface area (TPSA) is 409 Å². The van der Waals surface area contributed by atoms with E-state index in [-0.39, 0.29) is 32.4 Å². The molecule has 0 aliphatic carbocycles. The van der Waals surface area contributed by atoms with Crippen molar-refractivity contribution in [3.63, 3.8) is 0 Å². The third kappa shape index (κ3) is 20.1. The molecule has 0 fully saturated rings. The minimum Gasteiger partial charge on any atom is -0.394 e. The number of rotatable bonds is 30. The molecule has 0 saturated carbocycles. The Balaban J connectivity index is 2.67. The van der Waals surface area contributed by atoms with Crippen molar-refractivity contribution in [1.29, 1.82) is 0 Å². The molecular formula is C35H57N11O13. The highest BCUT2D eigenvalue weighted by atomic mass is 16.3. The number of aliphatic hydroxyl groups excluding tert-OH is 4. The lowest BCUT2D eigenvalue weighted by atomic mass is 10.0. The van der Waals surface area contributed by atoms with Crippen molar-refractivity contribution in [2.45, 2.75) is 93.8 Å². The van der Waals surface area contributed by atoms with Crippen LogP contribution >= 0.6 is 0 Å². The van der Waals surface area contributed by atoms with Gasteiger partial charge in [0, 0.05) is 25.9 Å². The second-order valence-corrected chi connectivity index (χ2v) is 13.2. The van der Waals surface area contributed by atoms with Crippen LogP contribution < -0.4 is 60.0 Å². The average Bonchev–Trinajstić information content (AvgIpc) is 3.19. The Morgan fingerprint density at radius 2 is 1.39 bits per heavy atom. The van der Waals surface area contributed by atoms with Crippen LogP contribution in [0.4, 0.5) is 0 Å². The summed E-state index contributed by atoms with van der Waals surface area (Å²) in [4.78, 5) is 111. The van der Waals surface area contributed by atoms with Gasteiger partial charge in [0.25, 0.3) is 5.91 Å². The van der Waals surface area contributed by atoms with Crippen LogP contribution in [0.1, 0.15) is 46.0 Å². The fraction of sp³-hybridized carbons (Fsp3) is 0.571. The number of nitrogens with two attached hydrogens (primary N) is 3. The van der Waals surface area contributed by atoms with Gasteiger partial charge in [-0.3, -0.25) is 49.1 Å². The molecule has 8 atom stereocenters. The minimum absolute atomic E-state index is 0.176. The number of aliphatic hydroxyl groups is 4. The number of carbonyl (C=O) groups is 9. The predicted molar refractivity (Wildman–Crippen MR) is 206 cm³/mol. The predicted octanol–water partition coefficient (Wildman–Crippen LogP) is -7.96. The summed E-state index contributed by atoms with van der Waals surface area (Å²) in [5.74, 6) is -7.10. The number of hydrogen-bond donors (Lipinski definition) is 15. The highest BCUT2D eigenvalue weighted by molar-refractivity contribution is 5.94. The largest absolute Gasteiger partial charge is 0.394 e. The zero-order valence-corrected chi connectivity index (χ0v) is 32.5. The van der Waals surface area contributed by atoms with E-state index in [0.717, 1.165) is 12.5 Å². The first-order valence-electron chi connectivity index (χ1n) is 19.0. The zero-order valence-electron chi connectivity index (χ0n) is 33.5. The van der Waals surface area contributed by atoms with Crippen LogP contribution in [0.5, 0.6) is 0 Å². The van der Waals surface area contributed by atoms with Gasteiger partial charge in [-0.25, -0.2) is 5.43 Å². The van der Waals surface area contributed by atoms with Crippen LogP contribution in [0.2, 0.25) is 0 Å². The molecule has 0 aliphatic rings. The number of aldehydes is 1. The molecule has 0 bridgehead atoms. The lowest BCUT2D eigenvalue weighted by Crippen LogP contribution is -2.63. The maximum Gasteiger partial charge on any atom is 0.253 e. The van der Waals surface area contributed by atoms with Gasteiger partial charge in [0.2, 0.25) is 41.4 Å². The van der Waals surface area contributed by atoms with Gasteiger partial charge in [-0.15, -0.1) is 0 Å². The first-order chi connectivity index (χ1) is 28.3. The summed E-state index contributed by atoms with van der Waals surface area (Å²) >= 11 is 0. The summed E-state index contributed by atoms with van der Waals surface area (Å²) < 4.78 is 7.07. The molecule has 18 N–H and O–H groups in total. The number of primary amides is 2. The molecule has 0 heterocycles. The summed E-state index contributed by atoms with van der Waals surface area (Å²) in [6, 6.07) is -1.22. The second-order valence-electron chi connectivity index (χ2n) is 13.2. The van der Waals surface area contributed by atoms with Crippen LogP contribution in [0.3, 0.4) is 0 Å². The zero-order chi connectivity index (χ0) is 45.4. The van der Waals surface area contributed by atoms with E-state index >= 15 is 0 Å². The third-order valence-electron chi connectivity index (χ3n) is 8.37.